The normalized spacial score (nSPS) is 11.2. The molecular formula is C20H20F3NO3S. The van der Waals surface area contributed by atoms with Gasteiger partial charge < -0.3 is 10.1 Å². The van der Waals surface area contributed by atoms with Crippen molar-refractivity contribution in [2.45, 2.75) is 37.1 Å². The van der Waals surface area contributed by atoms with Crippen LogP contribution in [0.5, 0.6) is 0 Å². The molecule has 0 unspecified atom stereocenters. The maximum absolute atomic E-state index is 12.3. The maximum atomic E-state index is 12.3. The number of carbonyl (C=O) groups excluding carboxylic acids is 2. The second-order valence-electron chi connectivity index (χ2n) is 5.85. The van der Waals surface area contributed by atoms with Gasteiger partial charge in [-0.15, -0.1) is 0 Å². The van der Waals surface area contributed by atoms with Gasteiger partial charge >= 0.3 is 11.5 Å². The first-order chi connectivity index (χ1) is 13.2. The summed E-state index contributed by atoms with van der Waals surface area (Å²) in [6, 6.07) is 10.6. The molecule has 28 heavy (non-hydrogen) atoms. The van der Waals surface area contributed by atoms with Crippen molar-refractivity contribution in [3.05, 3.63) is 59.2 Å². The Morgan fingerprint density at radius 1 is 1.00 bits per heavy atom. The zero-order chi connectivity index (χ0) is 20.7. The largest absolute Gasteiger partial charge is 0.452 e. The molecule has 1 amide bonds. The molecule has 0 atom stereocenters. The number of amides is 1. The fourth-order valence-corrected chi connectivity index (χ4v) is 3.13. The van der Waals surface area contributed by atoms with Crippen molar-refractivity contribution in [3.63, 3.8) is 0 Å². The van der Waals surface area contributed by atoms with E-state index in [2.05, 4.69) is 5.32 Å². The van der Waals surface area contributed by atoms with Gasteiger partial charge in [-0.3, -0.25) is 4.79 Å². The lowest BCUT2D eigenvalue weighted by molar-refractivity contribution is -0.119. The van der Waals surface area contributed by atoms with Crippen molar-refractivity contribution in [1.82, 2.24) is 0 Å². The zero-order valence-electron chi connectivity index (χ0n) is 15.4. The lowest BCUT2D eigenvalue weighted by Gasteiger charge is -2.14. The van der Waals surface area contributed by atoms with Crippen LogP contribution in [0, 0.1) is 0 Å². The molecule has 4 nitrogen and oxygen atoms in total. The predicted molar refractivity (Wildman–Crippen MR) is 102 cm³/mol. The van der Waals surface area contributed by atoms with E-state index in [-0.39, 0.29) is 22.2 Å². The number of benzene rings is 2. The van der Waals surface area contributed by atoms with E-state index in [1.165, 1.54) is 24.3 Å². The molecule has 8 heteroatoms. The van der Waals surface area contributed by atoms with Gasteiger partial charge in [-0.1, -0.05) is 32.0 Å². The van der Waals surface area contributed by atoms with Gasteiger partial charge in [0.2, 0.25) is 0 Å². The summed E-state index contributed by atoms with van der Waals surface area (Å²) in [7, 11) is 0. The Morgan fingerprint density at radius 2 is 1.57 bits per heavy atom. The van der Waals surface area contributed by atoms with Crippen molar-refractivity contribution in [1.29, 1.82) is 0 Å². The summed E-state index contributed by atoms with van der Waals surface area (Å²) < 4.78 is 41.9. The second kappa shape index (κ2) is 9.64. The van der Waals surface area contributed by atoms with E-state index in [1.54, 1.807) is 0 Å². The van der Waals surface area contributed by atoms with E-state index < -0.39 is 24.0 Å². The molecule has 0 saturated heterocycles. The topological polar surface area (TPSA) is 55.4 Å². The molecule has 0 spiro atoms. The highest BCUT2D eigenvalue weighted by molar-refractivity contribution is 8.00. The summed E-state index contributed by atoms with van der Waals surface area (Å²) in [4.78, 5) is 24.2. The van der Waals surface area contributed by atoms with Crippen molar-refractivity contribution >= 4 is 29.3 Å². The van der Waals surface area contributed by atoms with Crippen molar-refractivity contribution in [3.8, 4) is 0 Å². The Labute approximate surface area is 165 Å². The summed E-state index contributed by atoms with van der Waals surface area (Å²) >= 11 is -0.269. The molecule has 0 aliphatic rings. The number of aryl methyl sites for hydroxylation is 2. The monoisotopic (exact) mass is 411 g/mol. The highest BCUT2D eigenvalue weighted by Gasteiger charge is 2.29. The first-order valence-corrected chi connectivity index (χ1v) is 9.48. The Morgan fingerprint density at radius 3 is 2.07 bits per heavy atom. The third-order valence-electron chi connectivity index (χ3n) is 3.92. The molecule has 0 aliphatic carbocycles. The number of hydrogen-bond acceptors (Lipinski definition) is 4. The molecule has 0 bridgehead atoms. The summed E-state index contributed by atoms with van der Waals surface area (Å²) in [5, 5.41) is 2.78. The molecule has 0 aromatic heterocycles. The lowest BCUT2D eigenvalue weighted by atomic mass is 10.0. The molecule has 150 valence electrons. The van der Waals surface area contributed by atoms with Crippen LogP contribution in [0.25, 0.3) is 0 Å². The molecular weight excluding hydrogens is 391 g/mol. The fraction of sp³-hybridized carbons (Fsp3) is 0.300. The smallest absolute Gasteiger partial charge is 0.446 e. The van der Waals surface area contributed by atoms with Crippen LogP contribution in [0.3, 0.4) is 0 Å². The third-order valence-corrected chi connectivity index (χ3v) is 4.66. The van der Waals surface area contributed by atoms with Crippen molar-refractivity contribution in [2.75, 3.05) is 11.9 Å². The summed E-state index contributed by atoms with van der Waals surface area (Å²) in [6.45, 7) is 3.47. The van der Waals surface area contributed by atoms with Crippen LogP contribution in [-0.2, 0) is 22.4 Å². The minimum atomic E-state index is -4.40. The number of ether oxygens (including phenoxy) is 1. The van der Waals surface area contributed by atoms with E-state index in [0.29, 0.717) is 0 Å². The Kier molecular flexibility index (Phi) is 7.51. The van der Waals surface area contributed by atoms with Crippen LogP contribution in [0.1, 0.15) is 35.3 Å². The molecule has 0 radical (unpaired) electrons. The minimum absolute atomic E-state index is 0.0370. The van der Waals surface area contributed by atoms with Crippen LogP contribution in [-0.4, -0.2) is 24.0 Å². The van der Waals surface area contributed by atoms with E-state index in [0.717, 1.165) is 29.7 Å². The number of rotatable bonds is 7. The summed E-state index contributed by atoms with van der Waals surface area (Å²) in [5.41, 5.74) is -1.63. The molecule has 0 saturated carbocycles. The predicted octanol–water partition coefficient (Wildman–Crippen LogP) is 5.22. The van der Waals surface area contributed by atoms with Crippen LogP contribution >= 0.6 is 11.8 Å². The van der Waals surface area contributed by atoms with Gasteiger partial charge in [0.15, 0.2) is 6.61 Å². The average Bonchev–Trinajstić information content (AvgIpc) is 2.65. The van der Waals surface area contributed by atoms with E-state index in [9.17, 15) is 22.8 Å². The van der Waals surface area contributed by atoms with Gasteiger partial charge in [0.05, 0.1) is 5.56 Å². The number of anilines is 1. The van der Waals surface area contributed by atoms with Crippen molar-refractivity contribution < 1.29 is 27.5 Å². The minimum Gasteiger partial charge on any atom is -0.452 e. The highest BCUT2D eigenvalue weighted by Crippen LogP contribution is 2.36. The first kappa shape index (κ1) is 21.8. The first-order valence-electron chi connectivity index (χ1n) is 8.67. The second-order valence-corrected chi connectivity index (χ2v) is 6.99. The number of thioether (sulfide) groups is 1. The van der Waals surface area contributed by atoms with E-state index >= 15 is 0 Å². The average molecular weight is 411 g/mol. The summed E-state index contributed by atoms with van der Waals surface area (Å²) in [5.74, 6) is -1.26. The van der Waals surface area contributed by atoms with Gasteiger partial charge in [-0.2, -0.15) is 13.2 Å². The van der Waals surface area contributed by atoms with E-state index in [1.807, 2.05) is 32.0 Å². The quantitative estimate of drug-likeness (QED) is 0.501. The standard InChI is InChI=1S/C20H20F3NO3S/c1-3-13-6-5-7-14(4-2)18(13)24-17(25)12-27-19(26)15-8-10-16(11-9-15)28-20(21,22)23/h5-11H,3-4,12H2,1-2H3,(H,24,25). The summed E-state index contributed by atoms with van der Waals surface area (Å²) in [6.07, 6.45) is 1.48. The van der Waals surface area contributed by atoms with Crippen LogP contribution in [0.2, 0.25) is 0 Å². The molecule has 1 N–H and O–H groups in total. The number of carbonyl (C=O) groups is 2. The third kappa shape index (κ3) is 6.30. The number of alkyl halides is 3. The number of esters is 1. The lowest BCUT2D eigenvalue weighted by Crippen LogP contribution is -2.22. The molecule has 2 rings (SSSR count). The van der Waals surface area contributed by atoms with Gasteiger partial charge in [-0.05, 0) is 60.0 Å². The SMILES string of the molecule is CCc1cccc(CC)c1NC(=O)COC(=O)c1ccc(SC(F)(F)F)cc1. The molecule has 0 aliphatic heterocycles. The van der Waals surface area contributed by atoms with Gasteiger partial charge in [0.1, 0.15) is 0 Å². The van der Waals surface area contributed by atoms with Gasteiger partial charge in [0.25, 0.3) is 5.91 Å². The molecule has 0 heterocycles. The Hall–Kier alpha value is -2.48. The Balaban J connectivity index is 1.95. The highest BCUT2D eigenvalue weighted by atomic mass is 32.2. The van der Waals surface area contributed by atoms with Crippen LogP contribution in [0.15, 0.2) is 47.4 Å². The molecule has 2 aromatic rings. The number of halogens is 3. The number of nitrogens with one attached hydrogen (secondary N) is 1. The van der Waals surface area contributed by atoms with Gasteiger partial charge in [-0.25, -0.2) is 4.79 Å². The van der Waals surface area contributed by atoms with Crippen LogP contribution in [0.4, 0.5) is 18.9 Å². The van der Waals surface area contributed by atoms with Gasteiger partial charge in [0, 0.05) is 10.6 Å². The Bertz CT molecular complexity index is 813. The zero-order valence-corrected chi connectivity index (χ0v) is 16.2. The molecule has 2 aromatic carbocycles. The van der Waals surface area contributed by atoms with E-state index in [4.69, 9.17) is 4.74 Å². The maximum Gasteiger partial charge on any atom is 0.446 e. The van der Waals surface area contributed by atoms with Crippen LogP contribution < -0.4 is 5.32 Å². The number of para-hydroxylation sites is 1. The van der Waals surface area contributed by atoms with Crippen molar-refractivity contribution in [2.24, 2.45) is 0 Å². The molecule has 0 fully saturated rings. The number of hydrogen-bond donors (Lipinski definition) is 1. The fourth-order valence-electron chi connectivity index (χ4n) is 2.59.